The third kappa shape index (κ3) is 4.38. The van der Waals surface area contributed by atoms with E-state index in [0.29, 0.717) is 11.8 Å². The van der Waals surface area contributed by atoms with Crippen molar-refractivity contribution in [3.8, 4) is 0 Å². The highest BCUT2D eigenvalue weighted by atomic mass is 15.1. The molecule has 0 aliphatic heterocycles. The summed E-state index contributed by atoms with van der Waals surface area (Å²) in [6.45, 7) is 10.4. The number of hydrogen-bond donors (Lipinski definition) is 0. The third-order valence-electron chi connectivity index (χ3n) is 5.98. The Hall–Kier alpha value is -2.35. The Balaban J connectivity index is 2.10. The number of aromatic nitrogens is 2. The number of nitrogens with zero attached hydrogens (tertiary/aromatic N) is 2. The smallest absolute Gasteiger partial charge is 0.112 e. The normalized spacial score (nSPS) is 14.8. The van der Waals surface area contributed by atoms with E-state index >= 15 is 0 Å². The van der Waals surface area contributed by atoms with Gasteiger partial charge in [-0.25, -0.2) is 4.98 Å². The first-order valence-electron chi connectivity index (χ1n) is 10.7. The second kappa shape index (κ2) is 9.23. The van der Waals surface area contributed by atoms with E-state index < -0.39 is 0 Å². The molecule has 0 amide bonds. The van der Waals surface area contributed by atoms with Gasteiger partial charge in [-0.15, -0.1) is 0 Å². The van der Waals surface area contributed by atoms with Gasteiger partial charge in [0.15, 0.2) is 0 Å². The van der Waals surface area contributed by atoms with Crippen molar-refractivity contribution in [3.05, 3.63) is 90.0 Å². The summed E-state index contributed by atoms with van der Waals surface area (Å²) in [5.74, 6) is 2.05. The monoisotopic (exact) mass is 374 g/mol. The van der Waals surface area contributed by atoms with Crippen LogP contribution in [0.3, 0.4) is 0 Å². The quantitative estimate of drug-likeness (QED) is 0.411. The molecule has 2 atom stereocenters. The summed E-state index contributed by atoms with van der Waals surface area (Å²) >= 11 is 0. The summed E-state index contributed by atoms with van der Waals surface area (Å²) in [6.07, 6.45) is 7.53. The molecular weight excluding hydrogens is 340 g/mol. The molecule has 28 heavy (non-hydrogen) atoms. The molecule has 2 aromatic carbocycles. The lowest BCUT2D eigenvalue weighted by atomic mass is 9.64. The first-order valence-corrected chi connectivity index (χ1v) is 10.7. The molecule has 2 nitrogen and oxygen atoms in total. The maximum atomic E-state index is 4.89. The van der Waals surface area contributed by atoms with Crippen molar-refractivity contribution in [2.75, 3.05) is 0 Å². The van der Waals surface area contributed by atoms with Gasteiger partial charge < -0.3 is 4.57 Å². The molecule has 0 saturated carbocycles. The van der Waals surface area contributed by atoms with Gasteiger partial charge in [-0.05, 0) is 29.9 Å². The van der Waals surface area contributed by atoms with Crippen molar-refractivity contribution in [1.82, 2.24) is 9.55 Å². The van der Waals surface area contributed by atoms with E-state index in [1.807, 2.05) is 6.20 Å². The Kier molecular flexibility index (Phi) is 6.72. The van der Waals surface area contributed by atoms with E-state index in [-0.39, 0.29) is 5.41 Å². The van der Waals surface area contributed by atoms with Gasteiger partial charge in [0, 0.05) is 30.3 Å². The van der Waals surface area contributed by atoms with Crippen molar-refractivity contribution >= 4 is 0 Å². The molecule has 0 radical (unpaired) electrons. The molecule has 2 heteroatoms. The zero-order valence-electron chi connectivity index (χ0n) is 17.8. The van der Waals surface area contributed by atoms with Gasteiger partial charge in [-0.3, -0.25) is 0 Å². The van der Waals surface area contributed by atoms with Crippen molar-refractivity contribution in [1.29, 1.82) is 0 Å². The topological polar surface area (TPSA) is 17.8 Å². The Morgan fingerprint density at radius 2 is 1.61 bits per heavy atom. The zero-order chi connectivity index (χ0) is 20.0. The number of aryl methyl sites for hydroxylation is 1. The van der Waals surface area contributed by atoms with Crippen molar-refractivity contribution in [3.63, 3.8) is 0 Å². The first kappa shape index (κ1) is 20.4. The summed E-state index contributed by atoms with van der Waals surface area (Å²) in [5, 5.41) is 0. The van der Waals surface area contributed by atoms with E-state index in [0.717, 1.165) is 13.0 Å². The molecule has 0 fully saturated rings. The van der Waals surface area contributed by atoms with Gasteiger partial charge in [-0.1, -0.05) is 94.8 Å². The highest BCUT2D eigenvalue weighted by Crippen LogP contribution is 2.45. The molecule has 0 spiro atoms. The fourth-order valence-corrected chi connectivity index (χ4v) is 4.67. The second-order valence-electron chi connectivity index (χ2n) is 8.50. The fourth-order valence-electron chi connectivity index (χ4n) is 4.67. The van der Waals surface area contributed by atoms with Gasteiger partial charge in [0.2, 0.25) is 0 Å². The zero-order valence-corrected chi connectivity index (χ0v) is 17.8. The van der Waals surface area contributed by atoms with Gasteiger partial charge in [0.25, 0.3) is 0 Å². The molecule has 0 bridgehead atoms. The number of unbranched alkanes of at least 4 members (excludes halogenated alkanes) is 1. The number of rotatable bonds is 9. The highest BCUT2D eigenvalue weighted by molar-refractivity contribution is 5.33. The Bertz CT molecular complexity index is 835. The maximum absolute atomic E-state index is 4.89. The van der Waals surface area contributed by atoms with E-state index in [2.05, 4.69) is 99.1 Å². The number of benzene rings is 2. The van der Waals surface area contributed by atoms with Gasteiger partial charge >= 0.3 is 0 Å². The van der Waals surface area contributed by atoms with Crippen LogP contribution in [-0.4, -0.2) is 9.55 Å². The van der Waals surface area contributed by atoms with E-state index in [1.54, 1.807) is 0 Å². The van der Waals surface area contributed by atoms with Gasteiger partial charge in [-0.2, -0.15) is 0 Å². The standard InChI is InChI=1S/C26H34N2/c1-5-6-18-28-19-17-27-25(28)24(21(2)3)26(4,23-15-11-8-12-16-23)20-22-13-9-7-10-14-22/h7-17,19,21,24H,5-6,18,20H2,1-4H3. The van der Waals surface area contributed by atoms with Gasteiger partial charge in [0.05, 0.1) is 0 Å². The minimum atomic E-state index is -0.0356. The largest absolute Gasteiger partial charge is 0.335 e. The van der Waals surface area contributed by atoms with Crippen LogP contribution in [0.15, 0.2) is 73.1 Å². The lowest BCUT2D eigenvalue weighted by Crippen LogP contribution is -2.37. The molecule has 148 valence electrons. The molecule has 3 aromatic rings. The van der Waals surface area contributed by atoms with Crippen molar-refractivity contribution in [2.45, 2.75) is 64.8 Å². The molecule has 3 rings (SSSR count). The summed E-state index contributed by atoms with van der Waals surface area (Å²) in [5.41, 5.74) is 2.74. The molecular formula is C26H34N2. The SMILES string of the molecule is CCCCn1ccnc1C(C(C)C)C(C)(Cc1ccccc1)c1ccccc1. The van der Waals surface area contributed by atoms with Crippen LogP contribution >= 0.6 is 0 Å². The Morgan fingerprint density at radius 1 is 0.964 bits per heavy atom. The minimum Gasteiger partial charge on any atom is -0.335 e. The molecule has 1 heterocycles. The van der Waals surface area contributed by atoms with Crippen LogP contribution in [0.2, 0.25) is 0 Å². The van der Waals surface area contributed by atoms with Crippen molar-refractivity contribution in [2.24, 2.45) is 5.92 Å². The third-order valence-corrected chi connectivity index (χ3v) is 5.98. The first-order chi connectivity index (χ1) is 13.6. The second-order valence-corrected chi connectivity index (χ2v) is 8.50. The van der Waals surface area contributed by atoms with Crippen LogP contribution in [0, 0.1) is 5.92 Å². The van der Waals surface area contributed by atoms with Crippen molar-refractivity contribution < 1.29 is 0 Å². The summed E-state index contributed by atoms with van der Waals surface area (Å²) < 4.78 is 2.39. The predicted octanol–water partition coefficient (Wildman–Crippen LogP) is 6.62. The van der Waals surface area contributed by atoms with Crippen LogP contribution in [0.25, 0.3) is 0 Å². The average molecular weight is 375 g/mol. The van der Waals surface area contributed by atoms with E-state index in [1.165, 1.54) is 29.8 Å². The van der Waals surface area contributed by atoms with Crippen LogP contribution < -0.4 is 0 Å². The predicted molar refractivity (Wildman–Crippen MR) is 119 cm³/mol. The average Bonchev–Trinajstić information content (AvgIpc) is 3.15. The summed E-state index contributed by atoms with van der Waals surface area (Å²) in [4.78, 5) is 4.89. The van der Waals surface area contributed by atoms with E-state index in [9.17, 15) is 0 Å². The van der Waals surface area contributed by atoms with Crippen LogP contribution in [0.4, 0.5) is 0 Å². The molecule has 2 unspecified atom stereocenters. The van der Waals surface area contributed by atoms with Crippen LogP contribution in [0.5, 0.6) is 0 Å². The van der Waals surface area contributed by atoms with Crippen LogP contribution in [-0.2, 0) is 18.4 Å². The molecule has 1 aromatic heterocycles. The Morgan fingerprint density at radius 3 is 2.21 bits per heavy atom. The fraction of sp³-hybridized carbons (Fsp3) is 0.423. The number of hydrogen-bond acceptors (Lipinski definition) is 1. The molecule has 0 saturated heterocycles. The lowest BCUT2D eigenvalue weighted by molar-refractivity contribution is 0.281. The summed E-state index contributed by atoms with van der Waals surface area (Å²) in [7, 11) is 0. The molecule has 0 N–H and O–H groups in total. The van der Waals surface area contributed by atoms with Gasteiger partial charge in [0.1, 0.15) is 5.82 Å². The van der Waals surface area contributed by atoms with E-state index in [4.69, 9.17) is 4.98 Å². The highest BCUT2D eigenvalue weighted by Gasteiger charge is 2.41. The molecule has 0 aliphatic carbocycles. The lowest BCUT2D eigenvalue weighted by Gasteiger charge is -2.41. The summed E-state index contributed by atoms with van der Waals surface area (Å²) in [6, 6.07) is 21.9. The molecule has 0 aliphatic rings. The minimum absolute atomic E-state index is 0.0356. The Labute approximate surface area is 170 Å². The number of imidazole rings is 1. The van der Waals surface area contributed by atoms with Crippen LogP contribution in [0.1, 0.15) is 63.4 Å². The maximum Gasteiger partial charge on any atom is 0.112 e.